The fourth-order valence-corrected chi connectivity index (χ4v) is 3.75. The van der Waals surface area contributed by atoms with Gasteiger partial charge in [0.25, 0.3) is 5.91 Å². The standard InChI is InChI=1S/C30H44N8O3/c1-23(2)12-15-33-28-36-29(34-16-13-24-6-4-3-5-7-24)38-30(37-28)35-22-25-8-10-26(11-9-25)27(39)32-17-19-41-21-20-40-18-14-31/h3-11,23H,12-22,31H2,1-2H3,(H,32,39)(H3,33,34,35,36,37,38). The van der Waals surface area contributed by atoms with E-state index in [1.807, 2.05) is 30.3 Å². The Bertz CT molecular complexity index is 1150. The van der Waals surface area contributed by atoms with Crippen molar-refractivity contribution < 1.29 is 14.3 Å². The molecule has 0 saturated heterocycles. The summed E-state index contributed by atoms with van der Waals surface area (Å²) in [6.07, 6.45) is 1.88. The Labute approximate surface area is 243 Å². The molecule has 0 spiro atoms. The highest BCUT2D eigenvalue weighted by atomic mass is 16.5. The van der Waals surface area contributed by atoms with E-state index in [-0.39, 0.29) is 5.91 Å². The summed E-state index contributed by atoms with van der Waals surface area (Å²) in [5.41, 5.74) is 8.19. The average molecular weight is 565 g/mol. The van der Waals surface area contributed by atoms with Gasteiger partial charge in [0.2, 0.25) is 17.8 Å². The van der Waals surface area contributed by atoms with Crippen molar-refractivity contribution in [3.8, 4) is 0 Å². The summed E-state index contributed by atoms with van der Waals surface area (Å²) < 4.78 is 10.7. The maximum Gasteiger partial charge on any atom is 0.251 e. The van der Waals surface area contributed by atoms with Crippen molar-refractivity contribution >= 4 is 23.8 Å². The van der Waals surface area contributed by atoms with E-state index >= 15 is 0 Å². The van der Waals surface area contributed by atoms with Crippen LogP contribution in [-0.2, 0) is 22.4 Å². The topological polar surface area (TPSA) is 148 Å². The molecule has 1 aromatic heterocycles. The van der Waals surface area contributed by atoms with Crippen LogP contribution in [0.5, 0.6) is 0 Å². The lowest BCUT2D eigenvalue weighted by molar-refractivity contribution is 0.0511. The van der Waals surface area contributed by atoms with Crippen LogP contribution in [0.15, 0.2) is 54.6 Å². The maximum absolute atomic E-state index is 12.4. The molecular formula is C30H44N8O3. The summed E-state index contributed by atoms with van der Waals surface area (Å²) in [5, 5.41) is 12.8. The second-order valence-corrected chi connectivity index (χ2v) is 9.90. The van der Waals surface area contributed by atoms with Crippen molar-refractivity contribution in [1.82, 2.24) is 20.3 Å². The number of aromatic nitrogens is 3. The van der Waals surface area contributed by atoms with Crippen LogP contribution in [0.3, 0.4) is 0 Å². The molecule has 1 amide bonds. The van der Waals surface area contributed by atoms with Gasteiger partial charge < -0.3 is 36.5 Å². The Hall–Kier alpha value is -3.80. The van der Waals surface area contributed by atoms with Gasteiger partial charge in [0.15, 0.2) is 0 Å². The largest absolute Gasteiger partial charge is 0.378 e. The minimum Gasteiger partial charge on any atom is -0.378 e. The number of rotatable bonds is 20. The van der Waals surface area contributed by atoms with Gasteiger partial charge in [-0.3, -0.25) is 4.79 Å². The fourth-order valence-electron chi connectivity index (χ4n) is 3.75. The monoisotopic (exact) mass is 564 g/mol. The summed E-state index contributed by atoms with van der Waals surface area (Å²) in [5.74, 6) is 1.96. The van der Waals surface area contributed by atoms with E-state index in [1.165, 1.54) is 5.56 Å². The molecule has 0 aliphatic rings. The number of anilines is 3. The molecule has 0 radical (unpaired) electrons. The molecule has 222 valence electrons. The van der Waals surface area contributed by atoms with Crippen LogP contribution in [0, 0.1) is 5.92 Å². The van der Waals surface area contributed by atoms with E-state index in [0.717, 1.165) is 24.9 Å². The smallest absolute Gasteiger partial charge is 0.251 e. The minimum absolute atomic E-state index is 0.145. The van der Waals surface area contributed by atoms with Crippen molar-refractivity contribution in [3.63, 3.8) is 0 Å². The average Bonchev–Trinajstić information content (AvgIpc) is 2.98. The highest BCUT2D eigenvalue weighted by molar-refractivity contribution is 5.94. The van der Waals surface area contributed by atoms with E-state index in [0.29, 0.717) is 81.9 Å². The van der Waals surface area contributed by atoms with E-state index in [9.17, 15) is 4.79 Å². The second-order valence-electron chi connectivity index (χ2n) is 9.90. The molecule has 0 aliphatic heterocycles. The predicted octanol–water partition coefficient (Wildman–Crippen LogP) is 3.32. The van der Waals surface area contributed by atoms with Crippen LogP contribution in [-0.4, -0.2) is 73.5 Å². The molecule has 2 aromatic carbocycles. The molecule has 6 N–H and O–H groups in total. The number of amides is 1. The van der Waals surface area contributed by atoms with Crippen LogP contribution in [0.1, 0.15) is 41.8 Å². The minimum atomic E-state index is -0.145. The third kappa shape index (κ3) is 12.9. The third-order valence-corrected chi connectivity index (χ3v) is 6.01. The normalized spacial score (nSPS) is 10.9. The van der Waals surface area contributed by atoms with Gasteiger partial charge in [-0.05, 0) is 42.0 Å². The number of carbonyl (C=O) groups is 1. The highest BCUT2D eigenvalue weighted by Gasteiger charge is 2.09. The third-order valence-electron chi connectivity index (χ3n) is 6.01. The number of nitrogens with one attached hydrogen (secondary N) is 4. The lowest BCUT2D eigenvalue weighted by Crippen LogP contribution is -2.27. The first kappa shape index (κ1) is 31.7. The van der Waals surface area contributed by atoms with Crippen molar-refractivity contribution in [2.45, 2.75) is 33.2 Å². The Morgan fingerprint density at radius 2 is 1.39 bits per heavy atom. The van der Waals surface area contributed by atoms with Crippen LogP contribution < -0.4 is 27.0 Å². The molecule has 0 fully saturated rings. The van der Waals surface area contributed by atoms with Gasteiger partial charge in [0.1, 0.15) is 0 Å². The molecule has 11 heteroatoms. The zero-order chi connectivity index (χ0) is 29.1. The molecule has 11 nitrogen and oxygen atoms in total. The Morgan fingerprint density at radius 1 is 0.756 bits per heavy atom. The summed E-state index contributed by atoms with van der Waals surface area (Å²) in [6, 6.07) is 17.7. The number of benzene rings is 2. The van der Waals surface area contributed by atoms with E-state index < -0.39 is 0 Å². The summed E-state index contributed by atoms with van der Waals surface area (Å²) in [6.45, 7) is 9.18. The lowest BCUT2D eigenvalue weighted by atomic mass is 10.1. The van der Waals surface area contributed by atoms with Gasteiger partial charge >= 0.3 is 0 Å². The Kier molecular flexibility index (Phi) is 14.3. The van der Waals surface area contributed by atoms with Gasteiger partial charge in [-0.25, -0.2) is 0 Å². The molecule has 0 aliphatic carbocycles. The van der Waals surface area contributed by atoms with Gasteiger partial charge in [-0.1, -0.05) is 56.3 Å². The number of ether oxygens (including phenoxy) is 2. The number of nitrogens with zero attached hydrogens (tertiary/aromatic N) is 3. The number of carbonyl (C=O) groups excluding carboxylic acids is 1. The van der Waals surface area contributed by atoms with Crippen molar-refractivity contribution in [2.75, 3.05) is 68.6 Å². The summed E-state index contributed by atoms with van der Waals surface area (Å²) in [7, 11) is 0. The van der Waals surface area contributed by atoms with Gasteiger partial charge in [-0.15, -0.1) is 0 Å². The van der Waals surface area contributed by atoms with E-state index in [2.05, 4.69) is 62.2 Å². The molecule has 3 aromatic rings. The predicted molar refractivity (Wildman–Crippen MR) is 163 cm³/mol. The fraction of sp³-hybridized carbons (Fsp3) is 0.467. The molecule has 1 heterocycles. The van der Waals surface area contributed by atoms with Gasteiger partial charge in [0, 0.05) is 38.3 Å². The second kappa shape index (κ2) is 18.5. The van der Waals surface area contributed by atoms with E-state index in [1.54, 1.807) is 12.1 Å². The molecule has 0 atom stereocenters. The first-order chi connectivity index (χ1) is 20.0. The maximum atomic E-state index is 12.4. The number of nitrogens with two attached hydrogens (primary N) is 1. The molecule has 0 bridgehead atoms. The SMILES string of the molecule is CC(C)CCNc1nc(NCCc2ccccc2)nc(NCc2ccc(C(=O)NCCOCCOCCN)cc2)n1. The lowest BCUT2D eigenvalue weighted by Gasteiger charge is -2.12. The summed E-state index contributed by atoms with van der Waals surface area (Å²) >= 11 is 0. The van der Waals surface area contributed by atoms with Gasteiger partial charge in [-0.2, -0.15) is 15.0 Å². The quantitative estimate of drug-likeness (QED) is 0.129. The highest BCUT2D eigenvalue weighted by Crippen LogP contribution is 2.13. The molecule has 0 unspecified atom stereocenters. The van der Waals surface area contributed by atoms with Crippen molar-refractivity contribution in [3.05, 3.63) is 71.3 Å². The zero-order valence-electron chi connectivity index (χ0n) is 24.2. The summed E-state index contributed by atoms with van der Waals surface area (Å²) in [4.78, 5) is 26.1. The molecular weight excluding hydrogens is 520 g/mol. The van der Waals surface area contributed by atoms with Crippen LogP contribution in [0.4, 0.5) is 17.8 Å². The van der Waals surface area contributed by atoms with Crippen LogP contribution in [0.25, 0.3) is 0 Å². The molecule has 0 saturated carbocycles. The van der Waals surface area contributed by atoms with Crippen LogP contribution >= 0.6 is 0 Å². The van der Waals surface area contributed by atoms with Crippen LogP contribution in [0.2, 0.25) is 0 Å². The number of hydrogen-bond acceptors (Lipinski definition) is 10. The van der Waals surface area contributed by atoms with Gasteiger partial charge in [0.05, 0.1) is 26.4 Å². The first-order valence-electron chi connectivity index (χ1n) is 14.3. The first-order valence-corrected chi connectivity index (χ1v) is 14.3. The van der Waals surface area contributed by atoms with Crippen molar-refractivity contribution in [2.24, 2.45) is 11.7 Å². The zero-order valence-corrected chi connectivity index (χ0v) is 24.2. The Balaban J connectivity index is 1.49. The number of hydrogen-bond donors (Lipinski definition) is 5. The van der Waals surface area contributed by atoms with Crippen molar-refractivity contribution in [1.29, 1.82) is 0 Å². The molecule has 3 rings (SSSR count). The van der Waals surface area contributed by atoms with E-state index in [4.69, 9.17) is 15.2 Å². The molecule has 41 heavy (non-hydrogen) atoms. The Morgan fingerprint density at radius 3 is 2.05 bits per heavy atom.